The van der Waals surface area contributed by atoms with Crippen molar-refractivity contribution in [2.45, 2.75) is 25.7 Å². The van der Waals surface area contributed by atoms with Gasteiger partial charge in [0.1, 0.15) is 17.2 Å². The molecular weight excluding hydrogens is 478 g/mol. The van der Waals surface area contributed by atoms with Gasteiger partial charge in [0.05, 0.1) is 30.4 Å². The first-order valence-corrected chi connectivity index (χ1v) is 11.8. The van der Waals surface area contributed by atoms with Crippen molar-refractivity contribution in [3.8, 4) is 17.2 Å². The van der Waals surface area contributed by atoms with E-state index in [1.165, 1.54) is 18.2 Å². The van der Waals surface area contributed by atoms with E-state index in [0.29, 0.717) is 19.0 Å². The molecule has 0 radical (unpaired) electrons. The molecule has 0 aliphatic rings. The fourth-order valence-electron chi connectivity index (χ4n) is 3.38. The summed E-state index contributed by atoms with van der Waals surface area (Å²) in [7, 11) is 0. The molecule has 3 rings (SSSR count). The maximum atomic E-state index is 12.9. The van der Waals surface area contributed by atoms with Gasteiger partial charge in [0, 0.05) is 0 Å². The van der Waals surface area contributed by atoms with Gasteiger partial charge in [0.15, 0.2) is 6.61 Å². The zero-order chi connectivity index (χ0) is 26.6. The molecule has 0 saturated carbocycles. The van der Waals surface area contributed by atoms with Gasteiger partial charge in [-0.1, -0.05) is 30.3 Å². The third-order valence-corrected chi connectivity index (χ3v) is 5.41. The number of ether oxygens (including phenoxy) is 3. The summed E-state index contributed by atoms with van der Waals surface area (Å²) in [5.41, 5.74) is 0.800. The predicted molar refractivity (Wildman–Crippen MR) is 137 cm³/mol. The molecule has 0 bridgehead atoms. The van der Waals surface area contributed by atoms with E-state index in [2.05, 4.69) is 5.32 Å². The number of rotatable bonds is 14. The van der Waals surface area contributed by atoms with Crippen LogP contribution < -0.4 is 19.5 Å². The highest BCUT2D eigenvalue weighted by Gasteiger charge is 2.19. The summed E-state index contributed by atoms with van der Waals surface area (Å²) in [6.45, 7) is 2.14. The van der Waals surface area contributed by atoms with Crippen molar-refractivity contribution in [2.75, 3.05) is 25.1 Å². The van der Waals surface area contributed by atoms with Crippen LogP contribution in [0, 0.1) is 0 Å². The first kappa shape index (κ1) is 27.1. The second-order valence-electron chi connectivity index (χ2n) is 8.20. The third kappa shape index (κ3) is 8.57. The van der Waals surface area contributed by atoms with Gasteiger partial charge in [-0.2, -0.15) is 0 Å². The van der Waals surface area contributed by atoms with Gasteiger partial charge in [-0.3, -0.25) is 4.79 Å². The van der Waals surface area contributed by atoms with Gasteiger partial charge >= 0.3 is 11.9 Å². The summed E-state index contributed by atoms with van der Waals surface area (Å²) in [5, 5.41) is 20.8. The van der Waals surface area contributed by atoms with Crippen LogP contribution in [-0.2, 0) is 9.59 Å². The lowest BCUT2D eigenvalue weighted by atomic mass is 10.00. The number of para-hydroxylation sites is 1. The lowest BCUT2D eigenvalue weighted by molar-refractivity contribution is -0.139. The van der Waals surface area contributed by atoms with Crippen molar-refractivity contribution in [1.82, 2.24) is 0 Å². The normalized spacial score (nSPS) is 11.3. The van der Waals surface area contributed by atoms with E-state index in [1.807, 2.05) is 36.4 Å². The Morgan fingerprint density at radius 2 is 1.49 bits per heavy atom. The van der Waals surface area contributed by atoms with E-state index in [-0.39, 0.29) is 22.9 Å². The topological polar surface area (TPSA) is 131 Å². The van der Waals surface area contributed by atoms with Crippen LogP contribution in [0.3, 0.4) is 0 Å². The lowest BCUT2D eigenvalue weighted by Gasteiger charge is -2.16. The first-order chi connectivity index (χ1) is 17.8. The van der Waals surface area contributed by atoms with E-state index in [4.69, 9.17) is 19.3 Å². The molecule has 3 aromatic rings. The van der Waals surface area contributed by atoms with Crippen LogP contribution in [0.15, 0.2) is 72.8 Å². The quantitative estimate of drug-likeness (QED) is 0.265. The number of carbonyl (C=O) groups is 3. The summed E-state index contributed by atoms with van der Waals surface area (Å²) < 4.78 is 16.7. The Bertz CT molecular complexity index is 1210. The Kier molecular flexibility index (Phi) is 9.90. The number of carbonyl (C=O) groups excluding carboxylic acids is 1. The average Bonchev–Trinajstić information content (AvgIpc) is 2.90. The molecule has 0 aliphatic heterocycles. The molecule has 0 heterocycles. The Labute approximate surface area is 214 Å². The summed E-state index contributed by atoms with van der Waals surface area (Å²) in [6, 6.07) is 20.7. The molecule has 9 heteroatoms. The summed E-state index contributed by atoms with van der Waals surface area (Å²) in [6.07, 6.45) is 1.64. The smallest absolute Gasteiger partial charge is 0.341 e. The Morgan fingerprint density at radius 3 is 2.16 bits per heavy atom. The molecule has 0 aromatic heterocycles. The van der Waals surface area contributed by atoms with Crippen LogP contribution >= 0.6 is 0 Å². The maximum absolute atomic E-state index is 12.9. The largest absolute Gasteiger partial charge is 0.494 e. The number of carboxylic acids is 2. The third-order valence-electron chi connectivity index (χ3n) is 5.41. The average molecular weight is 508 g/mol. The Hall–Kier alpha value is -4.53. The van der Waals surface area contributed by atoms with Crippen LogP contribution in [-0.4, -0.2) is 47.9 Å². The SMILES string of the molecule is CC(C(=O)Nc1ccc(C(=O)O)cc1OCC(=O)O)c1cccc(OCCCCOc2ccccc2)c1. The van der Waals surface area contributed by atoms with Gasteiger partial charge in [-0.05, 0) is 67.8 Å². The van der Waals surface area contributed by atoms with E-state index in [0.717, 1.165) is 24.2 Å². The van der Waals surface area contributed by atoms with Crippen LogP contribution in [0.2, 0.25) is 0 Å². The second kappa shape index (κ2) is 13.5. The van der Waals surface area contributed by atoms with Crippen molar-refractivity contribution in [2.24, 2.45) is 0 Å². The zero-order valence-corrected chi connectivity index (χ0v) is 20.4. The van der Waals surface area contributed by atoms with E-state index >= 15 is 0 Å². The molecule has 1 amide bonds. The van der Waals surface area contributed by atoms with Crippen LogP contribution in [0.25, 0.3) is 0 Å². The fourth-order valence-corrected chi connectivity index (χ4v) is 3.38. The number of aromatic carboxylic acids is 1. The van der Waals surface area contributed by atoms with Crippen LogP contribution in [0.4, 0.5) is 5.69 Å². The van der Waals surface area contributed by atoms with E-state index in [1.54, 1.807) is 25.1 Å². The molecule has 37 heavy (non-hydrogen) atoms. The van der Waals surface area contributed by atoms with Crippen LogP contribution in [0.5, 0.6) is 17.2 Å². The fraction of sp³-hybridized carbons (Fsp3) is 0.250. The van der Waals surface area contributed by atoms with Gasteiger partial charge in [0.2, 0.25) is 5.91 Å². The molecule has 0 aliphatic carbocycles. The van der Waals surface area contributed by atoms with Gasteiger partial charge < -0.3 is 29.7 Å². The van der Waals surface area contributed by atoms with E-state index < -0.39 is 24.5 Å². The highest BCUT2D eigenvalue weighted by Crippen LogP contribution is 2.29. The second-order valence-corrected chi connectivity index (χ2v) is 8.20. The number of hydrogen-bond acceptors (Lipinski definition) is 6. The number of unbranched alkanes of at least 4 members (excludes halogenated alkanes) is 1. The van der Waals surface area contributed by atoms with Crippen molar-refractivity contribution < 1.29 is 38.8 Å². The maximum Gasteiger partial charge on any atom is 0.341 e. The first-order valence-electron chi connectivity index (χ1n) is 11.8. The minimum absolute atomic E-state index is 0.0452. The lowest BCUT2D eigenvalue weighted by Crippen LogP contribution is -2.20. The minimum atomic E-state index is -1.23. The van der Waals surface area contributed by atoms with Crippen molar-refractivity contribution >= 4 is 23.5 Å². The van der Waals surface area contributed by atoms with Gasteiger partial charge in [0.25, 0.3) is 0 Å². The van der Waals surface area contributed by atoms with Gasteiger partial charge in [-0.25, -0.2) is 9.59 Å². The zero-order valence-electron chi connectivity index (χ0n) is 20.4. The number of anilines is 1. The van der Waals surface area contributed by atoms with Crippen molar-refractivity contribution in [3.05, 3.63) is 83.9 Å². The summed E-state index contributed by atoms with van der Waals surface area (Å²) in [5.74, 6) is -1.96. The summed E-state index contributed by atoms with van der Waals surface area (Å²) >= 11 is 0. The highest BCUT2D eigenvalue weighted by atomic mass is 16.5. The Balaban J connectivity index is 1.54. The molecule has 3 N–H and O–H groups in total. The van der Waals surface area contributed by atoms with Crippen molar-refractivity contribution in [3.63, 3.8) is 0 Å². The predicted octanol–water partition coefficient (Wildman–Crippen LogP) is 4.83. The molecule has 194 valence electrons. The molecule has 0 fully saturated rings. The molecule has 9 nitrogen and oxygen atoms in total. The van der Waals surface area contributed by atoms with Crippen LogP contribution in [0.1, 0.15) is 41.6 Å². The van der Waals surface area contributed by atoms with Gasteiger partial charge in [-0.15, -0.1) is 0 Å². The highest BCUT2D eigenvalue weighted by molar-refractivity contribution is 5.98. The molecular formula is C28H29NO8. The number of nitrogens with one attached hydrogen (secondary N) is 1. The molecule has 1 atom stereocenters. The molecule has 0 spiro atoms. The number of carboxylic acid groups (broad SMARTS) is 2. The number of aliphatic carboxylic acids is 1. The monoisotopic (exact) mass is 507 g/mol. The summed E-state index contributed by atoms with van der Waals surface area (Å²) in [4.78, 5) is 35.1. The number of amides is 1. The molecule has 0 saturated heterocycles. The minimum Gasteiger partial charge on any atom is -0.494 e. The van der Waals surface area contributed by atoms with E-state index in [9.17, 15) is 19.5 Å². The molecule has 3 aromatic carbocycles. The van der Waals surface area contributed by atoms with Crippen molar-refractivity contribution in [1.29, 1.82) is 0 Å². The number of benzene rings is 3. The Morgan fingerprint density at radius 1 is 0.811 bits per heavy atom. The number of hydrogen-bond donors (Lipinski definition) is 3. The standard InChI is InChI=1S/C28H29NO8/c1-19(27(32)29-24-13-12-21(28(33)34)17-25(24)37-18-26(30)31)20-8-7-11-23(16-20)36-15-6-5-14-35-22-9-3-2-4-10-22/h2-4,7-13,16-17,19H,5-6,14-15,18H2,1H3,(H,29,32)(H,30,31)(H,33,34). The molecule has 1 unspecified atom stereocenters.